The quantitative estimate of drug-likeness (QED) is 0.535. The number of anilines is 1. The number of hydrogen-bond donors (Lipinski definition) is 2. The number of fused-ring (bicyclic) bond motifs is 1. The molecular weight excluding hydrogens is 390 g/mol. The zero-order valence-corrected chi connectivity index (χ0v) is 17.1. The normalized spacial score (nSPS) is 13.9. The number of imidazole rings is 1. The van der Waals surface area contributed by atoms with Gasteiger partial charge in [0.1, 0.15) is 5.60 Å². The third-order valence-corrected chi connectivity index (χ3v) is 5.55. The lowest BCUT2D eigenvalue weighted by molar-refractivity contribution is -0.0883. The van der Waals surface area contributed by atoms with Gasteiger partial charge in [-0.1, -0.05) is 12.1 Å². The molecule has 7 nitrogen and oxygen atoms in total. The molecule has 0 aliphatic carbocycles. The molecule has 1 aromatic carbocycles. The molecule has 0 fully saturated rings. The molecule has 3 heterocycles. The number of nitrogens with two attached hydrogens (primary N) is 1. The fourth-order valence-corrected chi connectivity index (χ4v) is 3.43. The molecule has 0 radical (unpaired) electrons. The van der Waals surface area contributed by atoms with Gasteiger partial charge in [-0.25, -0.2) is 18.7 Å². The van der Waals surface area contributed by atoms with Gasteiger partial charge in [-0.15, -0.1) is 0 Å². The minimum absolute atomic E-state index is 0.124. The van der Waals surface area contributed by atoms with Crippen LogP contribution in [-0.2, 0) is 12.6 Å². The summed E-state index contributed by atoms with van der Waals surface area (Å²) in [4.78, 5) is 8.83. The topological polar surface area (TPSA) is 94.3 Å². The zero-order chi connectivity index (χ0) is 21.8. The Morgan fingerprint density at radius 2 is 1.90 bits per heavy atom. The Balaban J connectivity index is 1.93. The van der Waals surface area contributed by atoms with Crippen molar-refractivity contribution in [2.45, 2.75) is 32.8 Å². The lowest BCUT2D eigenvalue weighted by Gasteiger charge is -2.23. The first-order valence-electron chi connectivity index (χ1n) is 9.35. The SMILES string of the molecule is Cc1ccc(C(C)(O)C(F)F)cc1-c1cnc2c(N)nc(-c3cnn(C)c3C)cn12. The van der Waals surface area contributed by atoms with E-state index in [9.17, 15) is 13.9 Å². The average molecular weight is 412 g/mol. The molecule has 0 aliphatic rings. The summed E-state index contributed by atoms with van der Waals surface area (Å²) < 4.78 is 30.2. The maximum Gasteiger partial charge on any atom is 0.270 e. The monoisotopic (exact) mass is 412 g/mol. The van der Waals surface area contributed by atoms with Gasteiger partial charge in [0.15, 0.2) is 11.5 Å². The minimum atomic E-state index is -2.92. The first kappa shape index (κ1) is 20.0. The smallest absolute Gasteiger partial charge is 0.270 e. The van der Waals surface area contributed by atoms with E-state index in [1.165, 1.54) is 6.07 Å². The fraction of sp³-hybridized carbons (Fsp3) is 0.286. The van der Waals surface area contributed by atoms with Crippen molar-refractivity contribution in [1.82, 2.24) is 24.1 Å². The lowest BCUT2D eigenvalue weighted by atomic mass is 9.92. The number of nitrogens with zero attached hydrogens (tertiary/aromatic N) is 5. The standard InChI is InChI=1S/C21H22F2N6O/c1-11-5-6-13(21(3,30)20(22)23)7-14(11)17-9-25-19-18(24)27-16(10-29(17)19)15-8-26-28(4)12(15)2/h5-10,20,30H,1-4H3,(H2,24,27). The zero-order valence-electron chi connectivity index (χ0n) is 17.1. The molecule has 1 unspecified atom stereocenters. The highest BCUT2D eigenvalue weighted by Crippen LogP contribution is 2.34. The maximum absolute atomic E-state index is 13.4. The third kappa shape index (κ3) is 3.02. The number of nitrogen functional groups attached to an aromatic ring is 1. The lowest BCUT2D eigenvalue weighted by Crippen LogP contribution is -2.30. The summed E-state index contributed by atoms with van der Waals surface area (Å²) in [5.74, 6) is 0.246. The highest BCUT2D eigenvalue weighted by molar-refractivity contribution is 5.75. The molecular formula is C21H22F2N6O. The van der Waals surface area contributed by atoms with Gasteiger partial charge in [-0.05, 0) is 38.0 Å². The molecule has 1 atom stereocenters. The van der Waals surface area contributed by atoms with E-state index < -0.39 is 12.0 Å². The molecule has 3 aromatic heterocycles. The highest BCUT2D eigenvalue weighted by atomic mass is 19.3. The molecule has 0 bridgehead atoms. The van der Waals surface area contributed by atoms with E-state index in [-0.39, 0.29) is 11.4 Å². The molecule has 9 heteroatoms. The van der Waals surface area contributed by atoms with Crippen molar-refractivity contribution in [2.75, 3.05) is 5.73 Å². The summed E-state index contributed by atoms with van der Waals surface area (Å²) in [6, 6.07) is 4.78. The number of halogens is 2. The van der Waals surface area contributed by atoms with Crippen molar-refractivity contribution in [3.63, 3.8) is 0 Å². The Morgan fingerprint density at radius 3 is 2.53 bits per heavy atom. The predicted octanol–water partition coefficient (Wildman–Crippen LogP) is 3.47. The summed E-state index contributed by atoms with van der Waals surface area (Å²) in [6.45, 7) is 4.90. The largest absolute Gasteiger partial charge is 0.381 e. The highest BCUT2D eigenvalue weighted by Gasteiger charge is 2.34. The van der Waals surface area contributed by atoms with Gasteiger partial charge in [0, 0.05) is 30.1 Å². The first-order valence-corrected chi connectivity index (χ1v) is 9.35. The van der Waals surface area contributed by atoms with Crippen LogP contribution < -0.4 is 5.73 Å². The van der Waals surface area contributed by atoms with Crippen LogP contribution in [0.2, 0.25) is 0 Å². The molecule has 0 saturated carbocycles. The van der Waals surface area contributed by atoms with Crippen LogP contribution in [0.25, 0.3) is 28.2 Å². The third-order valence-electron chi connectivity index (χ3n) is 5.55. The van der Waals surface area contributed by atoms with Crippen LogP contribution in [0.4, 0.5) is 14.6 Å². The molecule has 0 spiro atoms. The molecule has 0 aliphatic heterocycles. The molecule has 0 amide bonds. The number of aromatic nitrogens is 5. The van der Waals surface area contributed by atoms with E-state index in [1.807, 2.05) is 20.9 Å². The van der Waals surface area contributed by atoms with Crippen molar-refractivity contribution in [3.05, 3.63) is 53.6 Å². The van der Waals surface area contributed by atoms with Gasteiger partial charge in [-0.2, -0.15) is 5.10 Å². The van der Waals surface area contributed by atoms with Crippen LogP contribution in [-0.4, -0.2) is 35.7 Å². The Kier molecular flexibility index (Phi) is 4.58. The van der Waals surface area contributed by atoms with Gasteiger partial charge in [0.25, 0.3) is 6.43 Å². The van der Waals surface area contributed by atoms with E-state index in [0.29, 0.717) is 22.6 Å². The Bertz CT molecular complexity index is 1260. The second kappa shape index (κ2) is 6.88. The van der Waals surface area contributed by atoms with Gasteiger partial charge in [-0.3, -0.25) is 9.08 Å². The average Bonchev–Trinajstić information content (AvgIpc) is 3.26. The Hall–Kier alpha value is -3.33. The number of aryl methyl sites for hydroxylation is 2. The van der Waals surface area contributed by atoms with Crippen molar-refractivity contribution in [3.8, 4) is 22.5 Å². The second-order valence-electron chi connectivity index (χ2n) is 7.59. The Morgan fingerprint density at radius 1 is 1.17 bits per heavy atom. The van der Waals surface area contributed by atoms with Gasteiger partial charge in [0.05, 0.1) is 23.8 Å². The van der Waals surface area contributed by atoms with Crippen LogP contribution in [0.3, 0.4) is 0 Å². The molecule has 3 N–H and O–H groups in total. The number of aliphatic hydroxyl groups is 1. The summed E-state index contributed by atoms with van der Waals surface area (Å²) in [7, 11) is 1.84. The van der Waals surface area contributed by atoms with Crippen LogP contribution >= 0.6 is 0 Å². The minimum Gasteiger partial charge on any atom is -0.381 e. The first-order chi connectivity index (χ1) is 14.1. The number of benzene rings is 1. The molecule has 30 heavy (non-hydrogen) atoms. The van der Waals surface area contributed by atoms with Crippen molar-refractivity contribution >= 4 is 11.5 Å². The summed E-state index contributed by atoms with van der Waals surface area (Å²) >= 11 is 0. The van der Waals surface area contributed by atoms with Crippen LogP contribution in [0.5, 0.6) is 0 Å². The van der Waals surface area contributed by atoms with E-state index >= 15 is 0 Å². The van der Waals surface area contributed by atoms with E-state index in [1.54, 1.807) is 39.8 Å². The summed E-state index contributed by atoms with van der Waals surface area (Å²) in [5.41, 5.74) is 9.03. The van der Waals surface area contributed by atoms with Crippen LogP contribution in [0.1, 0.15) is 23.7 Å². The maximum atomic E-state index is 13.4. The van der Waals surface area contributed by atoms with E-state index in [4.69, 9.17) is 5.73 Å². The van der Waals surface area contributed by atoms with Crippen LogP contribution in [0.15, 0.2) is 36.8 Å². The van der Waals surface area contributed by atoms with Crippen molar-refractivity contribution in [1.29, 1.82) is 0 Å². The van der Waals surface area contributed by atoms with E-state index in [0.717, 1.165) is 23.7 Å². The van der Waals surface area contributed by atoms with E-state index in [2.05, 4.69) is 15.1 Å². The molecule has 4 rings (SSSR count). The Labute approximate surface area is 171 Å². The number of alkyl halides is 2. The number of rotatable bonds is 4. The summed E-state index contributed by atoms with van der Waals surface area (Å²) in [6.07, 6.45) is 2.21. The van der Waals surface area contributed by atoms with Gasteiger partial charge < -0.3 is 10.8 Å². The molecule has 156 valence electrons. The molecule has 4 aromatic rings. The fourth-order valence-electron chi connectivity index (χ4n) is 3.43. The second-order valence-corrected chi connectivity index (χ2v) is 7.59. The molecule has 0 saturated heterocycles. The van der Waals surface area contributed by atoms with Crippen LogP contribution in [0, 0.1) is 13.8 Å². The predicted molar refractivity (Wildman–Crippen MR) is 110 cm³/mol. The van der Waals surface area contributed by atoms with Crippen molar-refractivity contribution < 1.29 is 13.9 Å². The summed E-state index contributed by atoms with van der Waals surface area (Å²) in [5, 5.41) is 14.5. The van der Waals surface area contributed by atoms with Gasteiger partial charge in [0.2, 0.25) is 0 Å². The van der Waals surface area contributed by atoms with Gasteiger partial charge >= 0.3 is 0 Å². The number of hydrogen-bond acceptors (Lipinski definition) is 5. The van der Waals surface area contributed by atoms with Crippen molar-refractivity contribution in [2.24, 2.45) is 7.05 Å².